The molecule has 0 radical (unpaired) electrons. The van der Waals surface area contributed by atoms with Crippen LogP contribution in [0.4, 0.5) is 5.69 Å². The van der Waals surface area contributed by atoms with Crippen molar-refractivity contribution in [1.29, 1.82) is 0 Å². The maximum Gasteiger partial charge on any atom is 0.338 e. The fourth-order valence-electron chi connectivity index (χ4n) is 5.03. The number of nitrogens with zero attached hydrogens (tertiary/aromatic N) is 3. The predicted molar refractivity (Wildman–Crippen MR) is 151 cm³/mol. The lowest BCUT2D eigenvalue weighted by atomic mass is 9.95. The normalized spacial score (nSPS) is 17.2. The number of ether oxygens (including phenoxy) is 2. The molecule has 204 valence electrons. The van der Waals surface area contributed by atoms with E-state index in [1.54, 1.807) is 36.1 Å². The molecule has 2 aliphatic rings. The molecule has 10 heteroatoms. The Morgan fingerprint density at radius 1 is 1.10 bits per heavy atom. The van der Waals surface area contributed by atoms with Gasteiger partial charge in [-0.25, -0.2) is 14.6 Å². The van der Waals surface area contributed by atoms with Crippen molar-refractivity contribution in [3.8, 4) is 0 Å². The standard InChI is InChI=1S/C30H27N3O6S/c1-5-15-32-21-10-8-7-9-20(21)23(26(32)34)25-27(35)33-24(18-11-13-19(14-12-18)28(36)38-4)22(29(37)39-16-6-2)17(3)31-30(33)40-25/h6-14,24H,2,5,15-16H2,1,3-4H3. The lowest BCUT2D eigenvalue weighted by molar-refractivity contribution is -0.138. The molecule has 0 saturated carbocycles. The number of thiazole rings is 1. The van der Waals surface area contributed by atoms with Crippen molar-refractivity contribution in [3.05, 3.63) is 109 Å². The Hall–Kier alpha value is -4.57. The molecular weight excluding hydrogens is 530 g/mol. The summed E-state index contributed by atoms with van der Waals surface area (Å²) in [4.78, 5) is 59.7. The van der Waals surface area contributed by atoms with E-state index in [1.165, 1.54) is 17.8 Å². The highest BCUT2D eigenvalue weighted by atomic mass is 32.1. The van der Waals surface area contributed by atoms with Crippen LogP contribution in [0.15, 0.2) is 82.2 Å². The van der Waals surface area contributed by atoms with Crippen molar-refractivity contribution in [3.63, 3.8) is 0 Å². The highest BCUT2D eigenvalue weighted by molar-refractivity contribution is 7.07. The van der Waals surface area contributed by atoms with E-state index in [9.17, 15) is 19.2 Å². The summed E-state index contributed by atoms with van der Waals surface area (Å²) >= 11 is 1.11. The van der Waals surface area contributed by atoms with Crippen molar-refractivity contribution >= 4 is 40.4 Å². The van der Waals surface area contributed by atoms with E-state index in [0.29, 0.717) is 39.3 Å². The van der Waals surface area contributed by atoms with Crippen LogP contribution in [0.2, 0.25) is 0 Å². The van der Waals surface area contributed by atoms with E-state index < -0.39 is 23.5 Å². The molecule has 0 N–H and O–H groups in total. The first-order chi connectivity index (χ1) is 19.3. The summed E-state index contributed by atoms with van der Waals surface area (Å²) in [5.41, 5.74) is 2.79. The number of allylic oxidation sites excluding steroid dienone is 1. The Morgan fingerprint density at radius 2 is 1.82 bits per heavy atom. The fourth-order valence-corrected chi connectivity index (χ4v) is 6.16. The molecule has 0 fully saturated rings. The van der Waals surface area contributed by atoms with Crippen LogP contribution >= 0.6 is 11.3 Å². The number of fused-ring (bicyclic) bond motifs is 2. The molecule has 5 rings (SSSR count). The van der Waals surface area contributed by atoms with Gasteiger partial charge in [0.1, 0.15) is 11.1 Å². The number of carbonyl (C=O) groups excluding carboxylic acids is 3. The van der Waals surface area contributed by atoms with Gasteiger partial charge in [0.15, 0.2) is 4.80 Å². The number of esters is 2. The highest BCUT2D eigenvalue weighted by Gasteiger charge is 2.37. The number of benzene rings is 2. The van der Waals surface area contributed by atoms with E-state index in [-0.39, 0.29) is 22.6 Å². The van der Waals surface area contributed by atoms with Gasteiger partial charge >= 0.3 is 11.9 Å². The molecule has 1 amide bonds. The van der Waals surface area contributed by atoms with Gasteiger partial charge in [0, 0.05) is 12.1 Å². The van der Waals surface area contributed by atoms with Crippen LogP contribution < -0.4 is 19.8 Å². The summed E-state index contributed by atoms with van der Waals surface area (Å²) in [5.74, 6) is -1.39. The first kappa shape index (κ1) is 27.0. The predicted octanol–water partition coefficient (Wildman–Crippen LogP) is 2.88. The summed E-state index contributed by atoms with van der Waals surface area (Å²) in [6, 6.07) is 13.0. The van der Waals surface area contributed by atoms with Crippen LogP contribution in [0.25, 0.3) is 5.57 Å². The monoisotopic (exact) mass is 557 g/mol. The number of methoxy groups -OCH3 is 1. The summed E-state index contributed by atoms with van der Waals surface area (Å²) in [7, 11) is 1.29. The molecule has 1 aromatic heterocycles. The lowest BCUT2D eigenvalue weighted by Crippen LogP contribution is -2.41. The number of aromatic nitrogens is 1. The second-order valence-corrected chi connectivity index (χ2v) is 10.2. The quantitative estimate of drug-likeness (QED) is 0.327. The van der Waals surface area contributed by atoms with E-state index >= 15 is 0 Å². The maximum absolute atomic E-state index is 14.2. The average Bonchev–Trinajstić information content (AvgIpc) is 3.43. The Labute approximate surface area is 234 Å². The number of para-hydroxylation sites is 1. The molecule has 1 unspecified atom stereocenters. The zero-order valence-electron chi connectivity index (χ0n) is 22.3. The Bertz CT molecular complexity index is 1760. The number of amides is 1. The van der Waals surface area contributed by atoms with Crippen LogP contribution in [0.1, 0.15) is 47.8 Å². The average molecular weight is 558 g/mol. The van der Waals surface area contributed by atoms with Crippen molar-refractivity contribution in [2.45, 2.75) is 26.3 Å². The molecular formula is C30H27N3O6S. The Balaban J connectivity index is 1.76. The maximum atomic E-state index is 14.2. The summed E-state index contributed by atoms with van der Waals surface area (Å²) in [5, 5.41) is 0. The smallest absolute Gasteiger partial charge is 0.338 e. The zero-order valence-corrected chi connectivity index (χ0v) is 23.1. The number of rotatable bonds is 7. The number of hydrogen-bond donors (Lipinski definition) is 0. The minimum Gasteiger partial charge on any atom is -0.465 e. The fraction of sp³-hybridized carbons (Fsp3) is 0.233. The SMILES string of the molecule is C=CCOC(=O)C1=C(C)N=c2sc(=C3C(=O)N(CCC)c4ccccc43)c(=O)n2C1c1ccc(C(=O)OC)cc1. The molecule has 2 aromatic carbocycles. The summed E-state index contributed by atoms with van der Waals surface area (Å²) < 4.78 is 11.9. The third kappa shape index (κ3) is 4.40. The second-order valence-electron chi connectivity index (χ2n) is 9.25. The highest BCUT2D eigenvalue weighted by Crippen LogP contribution is 2.35. The minimum absolute atomic E-state index is 0.0171. The topological polar surface area (TPSA) is 107 Å². The van der Waals surface area contributed by atoms with Gasteiger partial charge in [-0.15, -0.1) is 0 Å². The minimum atomic E-state index is -0.895. The van der Waals surface area contributed by atoms with Gasteiger partial charge in [-0.2, -0.15) is 0 Å². The third-order valence-corrected chi connectivity index (χ3v) is 7.85. The van der Waals surface area contributed by atoms with Gasteiger partial charge < -0.3 is 14.4 Å². The van der Waals surface area contributed by atoms with Crippen LogP contribution in [-0.2, 0) is 19.1 Å². The molecule has 3 aromatic rings. The summed E-state index contributed by atoms with van der Waals surface area (Å²) in [6.07, 6.45) is 2.21. The van der Waals surface area contributed by atoms with Crippen LogP contribution in [0.5, 0.6) is 0 Å². The molecule has 40 heavy (non-hydrogen) atoms. The van der Waals surface area contributed by atoms with Crippen LogP contribution in [0.3, 0.4) is 0 Å². The van der Waals surface area contributed by atoms with Crippen LogP contribution in [-0.4, -0.2) is 42.7 Å². The number of hydrogen-bond acceptors (Lipinski definition) is 8. The molecule has 2 aliphatic heterocycles. The van der Waals surface area contributed by atoms with Gasteiger partial charge in [-0.3, -0.25) is 14.2 Å². The van der Waals surface area contributed by atoms with E-state index in [1.807, 2.05) is 31.2 Å². The first-order valence-corrected chi connectivity index (χ1v) is 13.6. The first-order valence-electron chi connectivity index (χ1n) is 12.7. The number of anilines is 1. The molecule has 0 bridgehead atoms. The lowest BCUT2D eigenvalue weighted by Gasteiger charge is -2.24. The van der Waals surface area contributed by atoms with E-state index in [4.69, 9.17) is 9.47 Å². The van der Waals surface area contributed by atoms with Crippen molar-refractivity contribution in [2.75, 3.05) is 25.2 Å². The van der Waals surface area contributed by atoms with Gasteiger partial charge in [0.25, 0.3) is 11.5 Å². The van der Waals surface area contributed by atoms with Crippen molar-refractivity contribution in [1.82, 2.24) is 4.57 Å². The third-order valence-electron chi connectivity index (χ3n) is 6.79. The van der Waals surface area contributed by atoms with Crippen molar-refractivity contribution < 1.29 is 23.9 Å². The van der Waals surface area contributed by atoms with E-state index in [0.717, 1.165) is 23.4 Å². The second kappa shape index (κ2) is 10.9. The van der Waals surface area contributed by atoms with Gasteiger partial charge in [-0.1, -0.05) is 61.2 Å². The van der Waals surface area contributed by atoms with Gasteiger partial charge in [0.05, 0.1) is 41.2 Å². The van der Waals surface area contributed by atoms with Crippen LogP contribution in [0, 0.1) is 0 Å². The Kier molecular flexibility index (Phi) is 7.36. The van der Waals surface area contributed by atoms with Crippen molar-refractivity contribution in [2.24, 2.45) is 4.99 Å². The molecule has 0 saturated heterocycles. The molecule has 0 aliphatic carbocycles. The summed E-state index contributed by atoms with van der Waals surface area (Å²) in [6.45, 7) is 7.77. The molecule has 1 atom stereocenters. The molecule has 3 heterocycles. The van der Waals surface area contributed by atoms with Gasteiger partial charge in [-0.05, 0) is 37.1 Å². The van der Waals surface area contributed by atoms with E-state index in [2.05, 4.69) is 11.6 Å². The number of carbonyl (C=O) groups is 3. The Morgan fingerprint density at radius 3 is 2.50 bits per heavy atom. The largest absolute Gasteiger partial charge is 0.465 e. The van der Waals surface area contributed by atoms with Gasteiger partial charge in [0.2, 0.25) is 0 Å². The molecule has 0 spiro atoms. The zero-order chi connectivity index (χ0) is 28.6. The molecule has 9 nitrogen and oxygen atoms in total.